The van der Waals surface area contributed by atoms with Crippen LogP contribution in [0.15, 0.2) is 60.9 Å². The molecule has 1 N–H and O–H groups in total. The molecule has 0 saturated carbocycles. The number of halogens is 4. The summed E-state index contributed by atoms with van der Waals surface area (Å²) in [4.78, 5) is 12.7. The number of hydrogen-bond acceptors (Lipinski definition) is 4. The monoisotopic (exact) mass is 438 g/mol. The van der Waals surface area contributed by atoms with Crippen LogP contribution in [0, 0.1) is 12.1 Å². The Kier molecular flexibility index (Phi) is 6.02. The van der Waals surface area contributed by atoms with E-state index >= 15 is 0 Å². The van der Waals surface area contributed by atoms with E-state index in [0.717, 1.165) is 12.1 Å². The Labute approximate surface area is 174 Å². The first-order valence-electron chi connectivity index (χ1n) is 8.45. The van der Waals surface area contributed by atoms with Crippen molar-refractivity contribution in [3.8, 4) is 17.2 Å². The lowest BCUT2D eigenvalue weighted by Crippen LogP contribution is -2.25. The standard InChI is InChI=1S/C20H14ClF3N2O4/c1-12-9-18(29-14-4-6-15(7-5-14)30-20(22,23)24)16(10-17(12)21)19(27)25-13-3-2-8-26(28)11-13/h2-11H,1H3,(H,25,27). The third kappa shape index (κ3) is 5.54. The second-order valence-corrected chi connectivity index (χ2v) is 6.53. The summed E-state index contributed by atoms with van der Waals surface area (Å²) < 4.78 is 46.9. The predicted molar refractivity (Wildman–Crippen MR) is 103 cm³/mol. The van der Waals surface area contributed by atoms with Gasteiger partial charge in [-0.2, -0.15) is 4.73 Å². The van der Waals surface area contributed by atoms with Crippen LogP contribution in [0.4, 0.5) is 18.9 Å². The van der Waals surface area contributed by atoms with Gasteiger partial charge in [0.15, 0.2) is 6.20 Å². The number of ether oxygens (including phenoxy) is 2. The summed E-state index contributed by atoms with van der Waals surface area (Å²) in [5.41, 5.74) is 0.952. The summed E-state index contributed by atoms with van der Waals surface area (Å²) in [7, 11) is 0. The lowest BCUT2D eigenvalue weighted by Gasteiger charge is -2.14. The molecule has 1 heterocycles. The van der Waals surface area contributed by atoms with Crippen molar-refractivity contribution in [3.05, 3.63) is 82.3 Å². The molecule has 3 aromatic rings. The van der Waals surface area contributed by atoms with Gasteiger partial charge in [-0.1, -0.05) is 11.6 Å². The minimum Gasteiger partial charge on any atom is -0.619 e. The molecule has 6 nitrogen and oxygen atoms in total. The maximum atomic E-state index is 12.7. The van der Waals surface area contributed by atoms with Crippen molar-refractivity contribution in [1.29, 1.82) is 0 Å². The number of hydrogen-bond donors (Lipinski definition) is 1. The molecule has 0 bridgehead atoms. The molecular weight excluding hydrogens is 425 g/mol. The second kappa shape index (κ2) is 8.50. The fraction of sp³-hybridized carbons (Fsp3) is 0.100. The number of aromatic nitrogens is 1. The maximum absolute atomic E-state index is 12.7. The van der Waals surface area contributed by atoms with Crippen LogP contribution in [-0.2, 0) is 0 Å². The van der Waals surface area contributed by atoms with Crippen molar-refractivity contribution < 1.29 is 32.2 Å². The van der Waals surface area contributed by atoms with Gasteiger partial charge in [-0.25, -0.2) is 0 Å². The number of benzene rings is 2. The van der Waals surface area contributed by atoms with E-state index in [1.165, 1.54) is 48.8 Å². The first-order chi connectivity index (χ1) is 14.1. The summed E-state index contributed by atoms with van der Waals surface area (Å²) in [5.74, 6) is -0.688. The molecule has 0 radical (unpaired) electrons. The van der Waals surface area contributed by atoms with Crippen LogP contribution < -0.4 is 19.5 Å². The van der Waals surface area contributed by atoms with Gasteiger partial charge in [-0.15, -0.1) is 13.2 Å². The van der Waals surface area contributed by atoms with E-state index in [1.807, 2.05) is 0 Å². The zero-order valence-corrected chi connectivity index (χ0v) is 16.1. The van der Waals surface area contributed by atoms with E-state index in [1.54, 1.807) is 6.92 Å². The molecule has 0 fully saturated rings. The van der Waals surface area contributed by atoms with Gasteiger partial charge >= 0.3 is 6.36 Å². The number of alkyl halides is 3. The Morgan fingerprint density at radius 2 is 1.80 bits per heavy atom. The molecule has 2 aromatic carbocycles. The van der Waals surface area contributed by atoms with Crippen molar-refractivity contribution in [3.63, 3.8) is 0 Å². The lowest BCUT2D eigenvalue weighted by molar-refractivity contribution is -0.604. The highest BCUT2D eigenvalue weighted by molar-refractivity contribution is 6.32. The minimum absolute atomic E-state index is 0.0718. The minimum atomic E-state index is -4.80. The maximum Gasteiger partial charge on any atom is 0.573 e. The van der Waals surface area contributed by atoms with Crippen LogP contribution in [0.5, 0.6) is 17.2 Å². The van der Waals surface area contributed by atoms with E-state index in [4.69, 9.17) is 16.3 Å². The topological polar surface area (TPSA) is 74.5 Å². The van der Waals surface area contributed by atoms with Gasteiger partial charge in [0, 0.05) is 11.1 Å². The SMILES string of the molecule is Cc1cc(Oc2ccc(OC(F)(F)F)cc2)c(C(=O)Nc2ccc[n+]([O-])c2)cc1Cl. The van der Waals surface area contributed by atoms with Crippen LogP contribution in [0.2, 0.25) is 5.02 Å². The van der Waals surface area contributed by atoms with E-state index in [2.05, 4.69) is 10.1 Å². The van der Waals surface area contributed by atoms with Gasteiger partial charge in [0.2, 0.25) is 6.20 Å². The molecule has 0 aliphatic carbocycles. The molecule has 1 amide bonds. The molecular formula is C20H14ClF3N2O4. The van der Waals surface area contributed by atoms with Crippen molar-refractivity contribution in [2.45, 2.75) is 13.3 Å². The van der Waals surface area contributed by atoms with Gasteiger partial charge in [0.25, 0.3) is 5.91 Å². The normalized spacial score (nSPS) is 11.1. The summed E-state index contributed by atoms with van der Waals surface area (Å²) in [6, 6.07) is 10.6. The number of anilines is 1. The third-order valence-corrected chi connectivity index (χ3v) is 4.23. The van der Waals surface area contributed by atoms with Gasteiger partial charge in [0.1, 0.15) is 22.9 Å². The molecule has 156 valence electrons. The highest BCUT2D eigenvalue weighted by atomic mass is 35.5. The molecule has 3 rings (SSSR count). The number of carbonyl (C=O) groups excluding carboxylic acids is 1. The third-order valence-electron chi connectivity index (χ3n) is 3.82. The van der Waals surface area contributed by atoms with Crippen molar-refractivity contribution in [2.24, 2.45) is 0 Å². The Bertz CT molecular complexity index is 1070. The van der Waals surface area contributed by atoms with Crippen LogP contribution >= 0.6 is 11.6 Å². The number of carbonyl (C=O) groups is 1. The average molecular weight is 439 g/mol. The van der Waals surface area contributed by atoms with Crippen LogP contribution in [0.1, 0.15) is 15.9 Å². The number of nitrogens with one attached hydrogen (secondary N) is 1. The molecule has 0 unspecified atom stereocenters. The average Bonchev–Trinajstić information content (AvgIpc) is 2.65. The van der Waals surface area contributed by atoms with Gasteiger partial charge in [-0.3, -0.25) is 4.79 Å². The lowest BCUT2D eigenvalue weighted by atomic mass is 10.1. The van der Waals surface area contributed by atoms with Gasteiger partial charge < -0.3 is 20.0 Å². The number of pyridine rings is 1. The number of aryl methyl sites for hydroxylation is 1. The van der Waals surface area contributed by atoms with Crippen LogP contribution in [0.25, 0.3) is 0 Å². The predicted octanol–water partition coefficient (Wildman–Crippen LogP) is 5.23. The van der Waals surface area contributed by atoms with E-state index in [9.17, 15) is 23.2 Å². The summed E-state index contributed by atoms with van der Waals surface area (Å²) in [6.07, 6.45) is -2.37. The summed E-state index contributed by atoms with van der Waals surface area (Å²) in [5, 5.41) is 14.2. The fourth-order valence-electron chi connectivity index (χ4n) is 2.48. The van der Waals surface area contributed by atoms with Crippen LogP contribution in [0.3, 0.4) is 0 Å². The zero-order valence-electron chi connectivity index (χ0n) is 15.4. The number of rotatable bonds is 5. The zero-order chi connectivity index (χ0) is 21.9. The number of nitrogens with zero attached hydrogens (tertiary/aromatic N) is 1. The van der Waals surface area contributed by atoms with E-state index < -0.39 is 18.0 Å². The molecule has 0 aliphatic rings. The van der Waals surface area contributed by atoms with Gasteiger partial charge in [-0.05, 0) is 55.0 Å². The Morgan fingerprint density at radius 1 is 1.13 bits per heavy atom. The molecule has 0 saturated heterocycles. The molecule has 1 aromatic heterocycles. The van der Waals surface area contributed by atoms with Crippen LogP contribution in [-0.4, -0.2) is 12.3 Å². The Morgan fingerprint density at radius 3 is 2.43 bits per heavy atom. The largest absolute Gasteiger partial charge is 0.619 e. The molecule has 0 aliphatic heterocycles. The second-order valence-electron chi connectivity index (χ2n) is 6.13. The molecule has 0 atom stereocenters. The highest BCUT2D eigenvalue weighted by Gasteiger charge is 2.31. The Hall–Kier alpha value is -3.46. The van der Waals surface area contributed by atoms with Crippen molar-refractivity contribution in [2.75, 3.05) is 5.32 Å². The Balaban J connectivity index is 1.85. The quantitative estimate of drug-likeness (QED) is 0.437. The first kappa shape index (κ1) is 21.3. The molecule has 10 heteroatoms. The smallest absolute Gasteiger partial charge is 0.573 e. The van der Waals surface area contributed by atoms with Crippen molar-refractivity contribution >= 4 is 23.2 Å². The summed E-state index contributed by atoms with van der Waals surface area (Å²) in [6.45, 7) is 1.70. The summed E-state index contributed by atoms with van der Waals surface area (Å²) >= 11 is 6.13. The number of amides is 1. The van der Waals surface area contributed by atoms with E-state index in [-0.39, 0.29) is 22.7 Å². The van der Waals surface area contributed by atoms with Crippen molar-refractivity contribution in [1.82, 2.24) is 0 Å². The van der Waals surface area contributed by atoms with Gasteiger partial charge in [0.05, 0.1) is 5.56 Å². The highest BCUT2D eigenvalue weighted by Crippen LogP contribution is 2.32. The fourth-order valence-corrected chi connectivity index (χ4v) is 2.64. The molecule has 30 heavy (non-hydrogen) atoms. The molecule has 0 spiro atoms. The first-order valence-corrected chi connectivity index (χ1v) is 8.82. The van der Waals surface area contributed by atoms with E-state index in [0.29, 0.717) is 15.3 Å².